The van der Waals surface area contributed by atoms with E-state index in [-0.39, 0.29) is 31.7 Å². The number of urea groups is 1. The quantitative estimate of drug-likeness (QED) is 0.206. The van der Waals surface area contributed by atoms with Crippen molar-refractivity contribution in [2.75, 3.05) is 60.8 Å². The van der Waals surface area contributed by atoms with Gasteiger partial charge in [0.25, 0.3) is 0 Å². The lowest BCUT2D eigenvalue weighted by atomic mass is 9.91. The van der Waals surface area contributed by atoms with E-state index >= 15 is 0 Å². The summed E-state index contributed by atoms with van der Waals surface area (Å²) >= 11 is 0. The predicted octanol–water partition coefficient (Wildman–Crippen LogP) is 4.05. The van der Waals surface area contributed by atoms with E-state index in [4.69, 9.17) is 28.4 Å². The van der Waals surface area contributed by atoms with Gasteiger partial charge in [-0.15, -0.1) is 0 Å². The van der Waals surface area contributed by atoms with Gasteiger partial charge in [0, 0.05) is 20.8 Å². The first-order valence-electron chi connectivity index (χ1n) is 14.2. The number of nitrogens with zero attached hydrogens (tertiary/aromatic N) is 1. The number of nitrogens with one attached hydrogen (secondary N) is 1. The van der Waals surface area contributed by atoms with Crippen molar-refractivity contribution in [3.63, 3.8) is 0 Å². The fraction of sp³-hybridized carbons (Fsp3) is 0.581. The third-order valence-electron chi connectivity index (χ3n) is 6.96. The van der Waals surface area contributed by atoms with Crippen LogP contribution in [0, 0.1) is 0 Å². The van der Waals surface area contributed by atoms with Gasteiger partial charge < -0.3 is 38.6 Å². The number of carbonyl (C=O) groups is 1. The number of amides is 2. The van der Waals surface area contributed by atoms with E-state index in [1.807, 2.05) is 41.3 Å². The van der Waals surface area contributed by atoms with Crippen LogP contribution in [-0.2, 0) is 41.3 Å². The number of benzene rings is 2. The van der Waals surface area contributed by atoms with E-state index in [2.05, 4.69) is 36.5 Å². The van der Waals surface area contributed by atoms with Gasteiger partial charge in [-0.25, -0.2) is 4.79 Å². The lowest BCUT2D eigenvalue weighted by Gasteiger charge is -2.37. The number of unbranched alkanes of at least 4 members (excludes halogenated alkanes) is 1. The molecule has 4 atom stereocenters. The molecule has 1 fully saturated rings. The van der Waals surface area contributed by atoms with Crippen molar-refractivity contribution in [2.45, 2.75) is 56.9 Å². The standard InChI is InChI=1S/C31H46N2O7/c1-4-5-16-33-28(22-26-14-10-7-11-15-26)30(40-24-38-20-18-36-3)29(39-23-37-19-17-35-2)27(32-31(33)34)21-25-12-8-6-9-13-25/h6-15,27-30H,4-5,16-24H2,1-3H3,(H,32,34)/t27-,28-,29+,30+/m1/s1. The Hall–Kier alpha value is -2.53. The maximum absolute atomic E-state index is 13.9. The summed E-state index contributed by atoms with van der Waals surface area (Å²) in [4.78, 5) is 15.8. The fourth-order valence-electron chi connectivity index (χ4n) is 4.89. The van der Waals surface area contributed by atoms with Gasteiger partial charge in [-0.1, -0.05) is 74.0 Å². The Bertz CT molecular complexity index is 934. The molecule has 2 aromatic carbocycles. The normalized spacial score (nSPS) is 21.3. The minimum absolute atomic E-state index is 0.0482. The summed E-state index contributed by atoms with van der Waals surface area (Å²) < 4.78 is 34.6. The summed E-state index contributed by atoms with van der Waals surface area (Å²) in [6.45, 7) is 4.58. The lowest BCUT2D eigenvalue weighted by Crippen LogP contribution is -2.53. The molecular formula is C31H46N2O7. The van der Waals surface area contributed by atoms with Crippen molar-refractivity contribution in [3.05, 3.63) is 71.8 Å². The van der Waals surface area contributed by atoms with E-state index in [9.17, 15) is 4.79 Å². The number of methoxy groups -OCH3 is 2. The molecule has 40 heavy (non-hydrogen) atoms. The predicted molar refractivity (Wildman–Crippen MR) is 153 cm³/mol. The van der Waals surface area contributed by atoms with Crippen molar-refractivity contribution in [1.29, 1.82) is 0 Å². The number of hydrogen-bond acceptors (Lipinski definition) is 7. The summed E-state index contributed by atoms with van der Waals surface area (Å²) in [5.41, 5.74) is 2.21. The minimum atomic E-state index is -0.502. The van der Waals surface area contributed by atoms with E-state index < -0.39 is 12.2 Å². The average Bonchev–Trinajstić information content (AvgIpc) is 3.07. The van der Waals surface area contributed by atoms with E-state index in [0.717, 1.165) is 24.0 Å². The summed E-state index contributed by atoms with van der Waals surface area (Å²) in [6, 6.07) is 19.5. The molecule has 0 radical (unpaired) electrons. The van der Waals surface area contributed by atoms with Gasteiger partial charge in [0.15, 0.2) is 0 Å². The second-order valence-electron chi connectivity index (χ2n) is 9.85. The Morgan fingerprint density at radius 3 is 1.85 bits per heavy atom. The largest absolute Gasteiger partial charge is 0.382 e. The Labute approximate surface area is 239 Å². The Morgan fingerprint density at radius 1 is 0.750 bits per heavy atom. The van der Waals surface area contributed by atoms with Gasteiger partial charge in [0.1, 0.15) is 25.8 Å². The third kappa shape index (κ3) is 10.5. The van der Waals surface area contributed by atoms with E-state index in [1.165, 1.54) is 0 Å². The molecule has 9 nitrogen and oxygen atoms in total. The second-order valence-corrected chi connectivity index (χ2v) is 9.85. The van der Waals surface area contributed by atoms with Gasteiger partial charge in [0.05, 0.1) is 38.5 Å². The van der Waals surface area contributed by atoms with Crippen LogP contribution in [0.4, 0.5) is 4.79 Å². The molecule has 1 aliphatic heterocycles. The van der Waals surface area contributed by atoms with Crippen LogP contribution in [0.25, 0.3) is 0 Å². The number of rotatable bonds is 19. The molecule has 0 aliphatic carbocycles. The maximum atomic E-state index is 13.9. The van der Waals surface area contributed by atoms with E-state index in [1.54, 1.807) is 14.2 Å². The molecule has 0 unspecified atom stereocenters. The molecule has 2 amide bonds. The van der Waals surface area contributed by atoms with Crippen LogP contribution >= 0.6 is 0 Å². The first-order valence-corrected chi connectivity index (χ1v) is 14.2. The van der Waals surface area contributed by atoms with Crippen molar-refractivity contribution in [2.24, 2.45) is 0 Å². The highest BCUT2D eigenvalue weighted by Gasteiger charge is 2.45. The van der Waals surface area contributed by atoms with Crippen LogP contribution in [0.3, 0.4) is 0 Å². The van der Waals surface area contributed by atoms with Gasteiger partial charge in [0.2, 0.25) is 0 Å². The molecule has 1 heterocycles. The molecule has 222 valence electrons. The van der Waals surface area contributed by atoms with Gasteiger partial charge in [-0.05, 0) is 30.4 Å². The van der Waals surface area contributed by atoms with Crippen molar-refractivity contribution in [3.8, 4) is 0 Å². The number of carbonyl (C=O) groups excluding carboxylic acids is 1. The smallest absolute Gasteiger partial charge is 0.318 e. The molecular weight excluding hydrogens is 512 g/mol. The molecule has 2 aromatic rings. The average molecular weight is 559 g/mol. The van der Waals surface area contributed by atoms with Gasteiger partial charge in [-0.2, -0.15) is 0 Å². The van der Waals surface area contributed by atoms with Gasteiger partial charge >= 0.3 is 6.03 Å². The van der Waals surface area contributed by atoms with Crippen LogP contribution in [0.2, 0.25) is 0 Å². The van der Waals surface area contributed by atoms with Crippen LogP contribution in [-0.4, -0.2) is 96.0 Å². The molecule has 3 rings (SSSR count). The summed E-state index contributed by atoms with van der Waals surface area (Å²) in [6.07, 6.45) is 2.05. The zero-order valence-corrected chi connectivity index (χ0v) is 24.2. The second kappa shape index (κ2) is 18.7. The van der Waals surface area contributed by atoms with Crippen LogP contribution in [0.1, 0.15) is 30.9 Å². The SMILES string of the molecule is CCCCN1C(=O)N[C@H](Cc2ccccc2)[C@H](OCOCCOC)[C@@H](OCOCCOC)[C@H]1Cc1ccccc1. The molecule has 0 spiro atoms. The van der Waals surface area contributed by atoms with Crippen LogP contribution in [0.5, 0.6) is 0 Å². The van der Waals surface area contributed by atoms with Crippen molar-refractivity contribution < 1.29 is 33.2 Å². The molecule has 0 aromatic heterocycles. The Kier molecular flexibility index (Phi) is 15.0. The number of ether oxygens (including phenoxy) is 6. The summed E-state index contributed by atoms with van der Waals surface area (Å²) in [7, 11) is 3.27. The van der Waals surface area contributed by atoms with Crippen LogP contribution < -0.4 is 5.32 Å². The molecule has 0 bridgehead atoms. The minimum Gasteiger partial charge on any atom is -0.382 e. The van der Waals surface area contributed by atoms with Crippen LogP contribution in [0.15, 0.2) is 60.7 Å². The third-order valence-corrected chi connectivity index (χ3v) is 6.96. The molecule has 1 saturated heterocycles. The number of hydrogen-bond donors (Lipinski definition) is 1. The zero-order chi connectivity index (χ0) is 28.4. The Balaban J connectivity index is 1.96. The maximum Gasteiger partial charge on any atom is 0.318 e. The molecule has 9 heteroatoms. The summed E-state index contributed by atoms with van der Waals surface area (Å²) in [5, 5.41) is 3.29. The fourth-order valence-corrected chi connectivity index (χ4v) is 4.89. The van der Waals surface area contributed by atoms with Crippen molar-refractivity contribution in [1.82, 2.24) is 10.2 Å². The zero-order valence-electron chi connectivity index (χ0n) is 24.2. The van der Waals surface area contributed by atoms with Gasteiger partial charge in [-0.3, -0.25) is 0 Å². The Morgan fingerprint density at radius 2 is 1.30 bits per heavy atom. The topological polar surface area (TPSA) is 87.7 Å². The highest BCUT2D eigenvalue weighted by molar-refractivity contribution is 5.75. The molecule has 1 aliphatic rings. The van der Waals surface area contributed by atoms with Crippen molar-refractivity contribution >= 4 is 6.03 Å². The first kappa shape index (κ1) is 32.0. The first-order chi connectivity index (χ1) is 19.7. The van der Waals surface area contributed by atoms with E-state index in [0.29, 0.717) is 45.8 Å². The molecule has 0 saturated carbocycles. The highest BCUT2D eigenvalue weighted by Crippen LogP contribution is 2.27. The monoisotopic (exact) mass is 558 g/mol. The lowest BCUT2D eigenvalue weighted by molar-refractivity contribution is -0.187. The highest BCUT2D eigenvalue weighted by atomic mass is 16.7. The summed E-state index contributed by atoms with van der Waals surface area (Å²) in [5.74, 6) is 0. The molecule has 1 N–H and O–H groups in total.